The van der Waals surface area contributed by atoms with Gasteiger partial charge < -0.3 is 10.1 Å². The molecule has 1 N–H and O–H groups in total. The van der Waals surface area contributed by atoms with Crippen molar-refractivity contribution in [3.05, 3.63) is 56.9 Å². The number of benzene rings is 2. The quantitative estimate of drug-likeness (QED) is 0.638. The minimum Gasteiger partial charge on any atom is -0.495 e. The third-order valence-corrected chi connectivity index (χ3v) is 5.55. The van der Waals surface area contributed by atoms with Crippen molar-refractivity contribution in [1.82, 2.24) is 0 Å². The zero-order chi connectivity index (χ0) is 16.6. The number of methoxy groups -OCH3 is 1. The van der Waals surface area contributed by atoms with E-state index in [0.29, 0.717) is 26.4 Å². The van der Waals surface area contributed by atoms with Gasteiger partial charge in [-0.05, 0) is 24.6 Å². The van der Waals surface area contributed by atoms with Gasteiger partial charge in [0.1, 0.15) is 10.6 Å². The number of fused-ring (bicyclic) bond motifs is 1. The Hall–Kier alpha value is -1.75. The molecule has 1 aromatic heterocycles. The van der Waals surface area contributed by atoms with Crippen LogP contribution in [0.1, 0.15) is 15.2 Å². The smallest absolute Gasteiger partial charge is 0.267 e. The van der Waals surface area contributed by atoms with Crippen molar-refractivity contribution in [3.8, 4) is 5.75 Å². The predicted octanol–water partition coefficient (Wildman–Crippen LogP) is 5.78. The molecule has 0 saturated heterocycles. The lowest BCUT2D eigenvalue weighted by Gasteiger charge is -2.11. The highest BCUT2D eigenvalue weighted by atomic mass is 35.5. The molecule has 0 aliphatic heterocycles. The third kappa shape index (κ3) is 3.02. The Morgan fingerprint density at radius 1 is 1.22 bits per heavy atom. The second kappa shape index (κ2) is 6.40. The summed E-state index contributed by atoms with van der Waals surface area (Å²) in [5.74, 6) is 0.238. The number of amides is 1. The number of nitrogens with one attached hydrogen (secondary N) is 1. The van der Waals surface area contributed by atoms with E-state index in [2.05, 4.69) is 5.32 Å². The molecule has 0 radical (unpaired) electrons. The predicted molar refractivity (Wildman–Crippen MR) is 97.5 cm³/mol. The van der Waals surface area contributed by atoms with Crippen LogP contribution in [0.2, 0.25) is 10.0 Å². The van der Waals surface area contributed by atoms with Crippen LogP contribution in [0, 0.1) is 6.92 Å². The van der Waals surface area contributed by atoms with E-state index in [1.54, 1.807) is 12.1 Å². The van der Waals surface area contributed by atoms with Crippen molar-refractivity contribution in [2.75, 3.05) is 12.4 Å². The number of thiophene rings is 1. The van der Waals surface area contributed by atoms with E-state index >= 15 is 0 Å². The first kappa shape index (κ1) is 16.1. The van der Waals surface area contributed by atoms with Gasteiger partial charge in [-0.3, -0.25) is 4.79 Å². The Morgan fingerprint density at radius 2 is 1.96 bits per heavy atom. The van der Waals surface area contributed by atoms with Crippen LogP contribution in [-0.2, 0) is 0 Å². The largest absolute Gasteiger partial charge is 0.495 e. The van der Waals surface area contributed by atoms with Crippen molar-refractivity contribution < 1.29 is 9.53 Å². The van der Waals surface area contributed by atoms with Gasteiger partial charge in [0, 0.05) is 21.2 Å². The van der Waals surface area contributed by atoms with Crippen LogP contribution < -0.4 is 10.1 Å². The van der Waals surface area contributed by atoms with Crippen LogP contribution in [0.25, 0.3) is 10.1 Å². The second-order valence-corrected chi connectivity index (χ2v) is 6.83. The zero-order valence-corrected chi connectivity index (χ0v) is 14.8. The standard InChI is InChI=1S/C17H13Cl2NO2S/c1-9-7-12(13(22-2)8-11(9)18)20-17(21)16-15(19)10-5-3-4-6-14(10)23-16/h3-8H,1-2H3,(H,20,21). The maximum Gasteiger partial charge on any atom is 0.267 e. The molecule has 23 heavy (non-hydrogen) atoms. The molecule has 0 spiro atoms. The fourth-order valence-electron chi connectivity index (χ4n) is 2.27. The van der Waals surface area contributed by atoms with E-state index in [4.69, 9.17) is 27.9 Å². The number of hydrogen-bond acceptors (Lipinski definition) is 3. The summed E-state index contributed by atoms with van der Waals surface area (Å²) in [7, 11) is 1.53. The molecule has 0 aliphatic rings. The van der Waals surface area contributed by atoms with Gasteiger partial charge in [0.25, 0.3) is 5.91 Å². The Morgan fingerprint density at radius 3 is 2.65 bits per heavy atom. The summed E-state index contributed by atoms with van der Waals surface area (Å²) in [5.41, 5.74) is 1.41. The average molecular weight is 366 g/mol. The van der Waals surface area contributed by atoms with Crippen molar-refractivity contribution in [2.45, 2.75) is 6.92 Å². The Labute approximate surface area is 147 Å². The normalized spacial score (nSPS) is 10.8. The Bertz CT molecular complexity index is 905. The van der Waals surface area contributed by atoms with Crippen molar-refractivity contribution >= 4 is 56.2 Å². The van der Waals surface area contributed by atoms with Gasteiger partial charge in [-0.1, -0.05) is 41.4 Å². The van der Waals surface area contributed by atoms with E-state index < -0.39 is 0 Å². The van der Waals surface area contributed by atoms with Gasteiger partial charge >= 0.3 is 0 Å². The first-order valence-electron chi connectivity index (χ1n) is 6.83. The van der Waals surface area contributed by atoms with Crippen LogP contribution in [-0.4, -0.2) is 13.0 Å². The fourth-order valence-corrected chi connectivity index (χ4v) is 3.83. The Kier molecular flexibility index (Phi) is 4.48. The highest BCUT2D eigenvalue weighted by molar-refractivity contribution is 7.21. The van der Waals surface area contributed by atoms with E-state index in [0.717, 1.165) is 15.6 Å². The number of ether oxygens (including phenoxy) is 1. The van der Waals surface area contributed by atoms with Crippen molar-refractivity contribution in [1.29, 1.82) is 0 Å². The molecule has 2 aromatic carbocycles. The van der Waals surface area contributed by atoms with Crippen LogP contribution in [0.5, 0.6) is 5.75 Å². The molecule has 3 rings (SSSR count). The number of carbonyl (C=O) groups excluding carboxylic acids is 1. The summed E-state index contributed by atoms with van der Waals surface area (Å²) in [6.45, 7) is 1.86. The summed E-state index contributed by atoms with van der Waals surface area (Å²) in [6, 6.07) is 11.1. The highest BCUT2D eigenvalue weighted by Crippen LogP contribution is 2.37. The molecular weight excluding hydrogens is 353 g/mol. The average Bonchev–Trinajstić information content (AvgIpc) is 2.88. The lowest BCUT2D eigenvalue weighted by atomic mass is 10.2. The highest BCUT2D eigenvalue weighted by Gasteiger charge is 2.18. The number of rotatable bonds is 3. The molecule has 1 amide bonds. The maximum absolute atomic E-state index is 12.6. The second-order valence-electron chi connectivity index (χ2n) is 5.00. The molecule has 0 bridgehead atoms. The molecule has 118 valence electrons. The minimum atomic E-state index is -0.267. The maximum atomic E-state index is 12.6. The van der Waals surface area contributed by atoms with Crippen LogP contribution in [0.15, 0.2) is 36.4 Å². The number of aryl methyl sites for hydroxylation is 1. The first-order valence-corrected chi connectivity index (χ1v) is 8.41. The Balaban J connectivity index is 1.98. The monoisotopic (exact) mass is 365 g/mol. The van der Waals surface area contributed by atoms with Crippen molar-refractivity contribution in [2.24, 2.45) is 0 Å². The van der Waals surface area contributed by atoms with Crippen LogP contribution in [0.3, 0.4) is 0 Å². The van der Waals surface area contributed by atoms with Gasteiger partial charge in [0.2, 0.25) is 0 Å². The van der Waals surface area contributed by atoms with Crippen molar-refractivity contribution in [3.63, 3.8) is 0 Å². The lowest BCUT2D eigenvalue weighted by Crippen LogP contribution is -2.11. The number of hydrogen-bond donors (Lipinski definition) is 1. The van der Waals surface area contributed by atoms with Gasteiger partial charge in [-0.25, -0.2) is 0 Å². The molecule has 1 heterocycles. The van der Waals surface area contributed by atoms with E-state index in [1.807, 2.05) is 31.2 Å². The number of anilines is 1. The van der Waals surface area contributed by atoms with Crippen LogP contribution in [0.4, 0.5) is 5.69 Å². The van der Waals surface area contributed by atoms with Crippen LogP contribution >= 0.6 is 34.5 Å². The summed E-state index contributed by atoms with van der Waals surface area (Å²) < 4.78 is 6.25. The van der Waals surface area contributed by atoms with Gasteiger partial charge in [-0.15, -0.1) is 11.3 Å². The molecule has 6 heteroatoms. The molecule has 0 unspecified atom stereocenters. The SMILES string of the molecule is COc1cc(Cl)c(C)cc1NC(=O)c1sc2ccccc2c1Cl. The number of carbonyl (C=O) groups is 1. The van der Waals surface area contributed by atoms with Gasteiger partial charge in [0.05, 0.1) is 17.8 Å². The molecule has 3 nitrogen and oxygen atoms in total. The topological polar surface area (TPSA) is 38.3 Å². The molecular formula is C17H13Cl2NO2S. The van der Waals surface area contributed by atoms with E-state index in [1.165, 1.54) is 18.4 Å². The fraction of sp³-hybridized carbons (Fsp3) is 0.118. The summed E-state index contributed by atoms with van der Waals surface area (Å²) in [5, 5.41) is 4.78. The lowest BCUT2D eigenvalue weighted by molar-refractivity contribution is 0.103. The van der Waals surface area contributed by atoms with E-state index in [9.17, 15) is 4.79 Å². The summed E-state index contributed by atoms with van der Waals surface area (Å²) >= 11 is 13.8. The molecule has 0 saturated carbocycles. The third-order valence-electron chi connectivity index (χ3n) is 3.47. The molecule has 0 aliphatic carbocycles. The summed E-state index contributed by atoms with van der Waals surface area (Å²) in [6.07, 6.45) is 0. The molecule has 0 fully saturated rings. The number of halogens is 2. The molecule has 0 atom stereocenters. The van der Waals surface area contributed by atoms with Gasteiger partial charge in [0.15, 0.2) is 0 Å². The molecule has 3 aromatic rings. The van der Waals surface area contributed by atoms with Gasteiger partial charge in [-0.2, -0.15) is 0 Å². The minimum absolute atomic E-state index is 0.267. The first-order chi connectivity index (χ1) is 11.0. The zero-order valence-electron chi connectivity index (χ0n) is 12.4. The summed E-state index contributed by atoms with van der Waals surface area (Å²) in [4.78, 5) is 13.1. The van der Waals surface area contributed by atoms with E-state index in [-0.39, 0.29) is 5.91 Å².